The zero-order valence-corrected chi connectivity index (χ0v) is 21.1. The van der Waals surface area contributed by atoms with Crippen molar-refractivity contribution in [3.8, 4) is 0 Å². The Bertz CT molecular complexity index is 1310. The van der Waals surface area contributed by atoms with Crippen molar-refractivity contribution >= 4 is 46.5 Å². The van der Waals surface area contributed by atoms with Gasteiger partial charge >= 0.3 is 11.9 Å². The molecule has 2 heterocycles. The lowest BCUT2D eigenvalue weighted by Gasteiger charge is -2.24. The minimum atomic E-state index is -1.09. The Morgan fingerprint density at radius 2 is 1.78 bits per heavy atom. The maximum absolute atomic E-state index is 12.8. The van der Waals surface area contributed by atoms with E-state index in [0.29, 0.717) is 29.0 Å². The number of esters is 1. The molecular weight excluding hydrogens is 480 g/mol. The van der Waals surface area contributed by atoms with Crippen LogP contribution < -0.4 is 21.7 Å². The van der Waals surface area contributed by atoms with Crippen LogP contribution in [0.1, 0.15) is 49.7 Å². The highest BCUT2D eigenvalue weighted by molar-refractivity contribution is 5.97. The minimum absolute atomic E-state index is 0.0209. The number of ether oxygens (including phenoxy) is 1. The minimum Gasteiger partial charge on any atom is -0.481 e. The van der Waals surface area contributed by atoms with Crippen LogP contribution in [0.2, 0.25) is 0 Å². The molecule has 196 valence electrons. The maximum atomic E-state index is 12.8. The fraction of sp³-hybridized carbons (Fsp3) is 0.375. The molecule has 1 atom stereocenters. The SMILES string of the molecule is CN(Cc1cnc2nc(N)nc(N)c2n1)c1ccc(C(=O)N[C@H](CCC(=O)O)C(=O)OC(C)(C)C)cc1. The van der Waals surface area contributed by atoms with Crippen molar-refractivity contribution in [2.45, 2.75) is 51.8 Å². The normalized spacial score (nSPS) is 12.1. The number of aliphatic carboxylic acids is 1. The lowest BCUT2D eigenvalue weighted by atomic mass is 10.1. The molecule has 1 amide bonds. The Morgan fingerprint density at radius 1 is 1.11 bits per heavy atom. The second kappa shape index (κ2) is 11.0. The predicted octanol–water partition coefficient (Wildman–Crippen LogP) is 1.53. The van der Waals surface area contributed by atoms with Crippen LogP contribution in [0.25, 0.3) is 11.2 Å². The summed E-state index contributed by atoms with van der Waals surface area (Å²) in [7, 11) is 1.84. The topological polar surface area (TPSA) is 200 Å². The summed E-state index contributed by atoms with van der Waals surface area (Å²) in [6.07, 6.45) is 1.18. The van der Waals surface area contributed by atoms with Crippen LogP contribution in [-0.2, 0) is 20.9 Å². The van der Waals surface area contributed by atoms with Crippen molar-refractivity contribution in [2.24, 2.45) is 0 Å². The third kappa shape index (κ3) is 7.46. The van der Waals surface area contributed by atoms with E-state index in [0.717, 1.165) is 5.69 Å². The number of fused-ring (bicyclic) bond motifs is 1. The van der Waals surface area contributed by atoms with Gasteiger partial charge in [-0.3, -0.25) is 9.59 Å². The van der Waals surface area contributed by atoms with Gasteiger partial charge in [-0.2, -0.15) is 9.97 Å². The Hall–Kier alpha value is -4.55. The molecular formula is C24H30N8O5. The van der Waals surface area contributed by atoms with Crippen LogP contribution in [0.3, 0.4) is 0 Å². The number of benzene rings is 1. The van der Waals surface area contributed by atoms with Crippen molar-refractivity contribution < 1.29 is 24.2 Å². The Labute approximate surface area is 213 Å². The average molecular weight is 511 g/mol. The van der Waals surface area contributed by atoms with E-state index in [4.69, 9.17) is 21.3 Å². The van der Waals surface area contributed by atoms with Gasteiger partial charge in [-0.25, -0.2) is 14.8 Å². The average Bonchev–Trinajstić information content (AvgIpc) is 2.80. The first kappa shape index (κ1) is 27.0. The number of aromatic nitrogens is 4. The van der Waals surface area contributed by atoms with Gasteiger partial charge in [0.25, 0.3) is 5.91 Å². The molecule has 13 heteroatoms. The van der Waals surface area contributed by atoms with Gasteiger partial charge in [-0.1, -0.05) is 0 Å². The predicted molar refractivity (Wildman–Crippen MR) is 136 cm³/mol. The van der Waals surface area contributed by atoms with Crippen LogP contribution in [0.4, 0.5) is 17.5 Å². The molecule has 0 saturated heterocycles. The summed E-state index contributed by atoms with van der Waals surface area (Å²) in [5.74, 6) is -2.13. The maximum Gasteiger partial charge on any atom is 0.329 e. The number of hydrogen-bond donors (Lipinski definition) is 4. The van der Waals surface area contributed by atoms with E-state index < -0.39 is 29.5 Å². The van der Waals surface area contributed by atoms with Gasteiger partial charge in [-0.15, -0.1) is 0 Å². The molecule has 13 nitrogen and oxygen atoms in total. The molecule has 3 aromatic rings. The van der Waals surface area contributed by atoms with Gasteiger partial charge < -0.3 is 31.5 Å². The summed E-state index contributed by atoms with van der Waals surface area (Å²) in [6, 6.07) is 5.59. The van der Waals surface area contributed by atoms with E-state index in [1.807, 2.05) is 11.9 Å². The highest BCUT2D eigenvalue weighted by Crippen LogP contribution is 2.19. The summed E-state index contributed by atoms with van der Waals surface area (Å²) in [5.41, 5.74) is 13.1. The van der Waals surface area contributed by atoms with E-state index >= 15 is 0 Å². The van der Waals surface area contributed by atoms with Crippen molar-refractivity contribution in [3.05, 3.63) is 41.7 Å². The van der Waals surface area contributed by atoms with Gasteiger partial charge in [0.15, 0.2) is 17.0 Å². The van der Waals surface area contributed by atoms with Gasteiger partial charge in [-0.05, 0) is 51.5 Å². The molecule has 0 aliphatic carbocycles. The Kier molecular flexibility index (Phi) is 8.05. The fourth-order valence-corrected chi connectivity index (χ4v) is 3.39. The summed E-state index contributed by atoms with van der Waals surface area (Å²) in [6.45, 7) is 5.46. The van der Waals surface area contributed by atoms with E-state index in [-0.39, 0.29) is 24.6 Å². The summed E-state index contributed by atoms with van der Waals surface area (Å²) < 4.78 is 5.33. The largest absolute Gasteiger partial charge is 0.481 e. The molecule has 0 bridgehead atoms. The quantitative estimate of drug-likeness (QED) is 0.303. The molecule has 37 heavy (non-hydrogen) atoms. The van der Waals surface area contributed by atoms with Crippen molar-refractivity contribution in [2.75, 3.05) is 23.4 Å². The second-order valence-corrected chi connectivity index (χ2v) is 9.40. The summed E-state index contributed by atoms with van der Waals surface area (Å²) in [4.78, 5) is 54.8. The number of rotatable bonds is 9. The first-order valence-electron chi connectivity index (χ1n) is 11.4. The number of anilines is 3. The Balaban J connectivity index is 1.69. The molecule has 1 aromatic carbocycles. The number of nitrogens with one attached hydrogen (secondary N) is 1. The number of nitrogens with two attached hydrogens (primary N) is 2. The van der Waals surface area contributed by atoms with Crippen LogP contribution in [0.5, 0.6) is 0 Å². The number of nitrogen functional groups attached to an aromatic ring is 2. The van der Waals surface area contributed by atoms with E-state index in [1.54, 1.807) is 51.2 Å². The molecule has 0 spiro atoms. The molecule has 0 radical (unpaired) electrons. The van der Waals surface area contributed by atoms with E-state index in [9.17, 15) is 14.4 Å². The van der Waals surface area contributed by atoms with Gasteiger partial charge in [0.05, 0.1) is 18.4 Å². The summed E-state index contributed by atoms with van der Waals surface area (Å²) >= 11 is 0. The lowest BCUT2D eigenvalue weighted by Crippen LogP contribution is -2.44. The lowest BCUT2D eigenvalue weighted by molar-refractivity contribution is -0.157. The second-order valence-electron chi connectivity index (χ2n) is 9.40. The number of amides is 1. The van der Waals surface area contributed by atoms with Crippen molar-refractivity contribution in [1.29, 1.82) is 0 Å². The molecule has 0 fully saturated rings. The highest BCUT2D eigenvalue weighted by atomic mass is 16.6. The molecule has 0 unspecified atom stereocenters. The number of carbonyl (C=O) groups is 3. The zero-order chi connectivity index (χ0) is 27.3. The molecule has 0 aliphatic rings. The number of carbonyl (C=O) groups excluding carboxylic acids is 2. The number of hydrogen-bond acceptors (Lipinski definition) is 11. The number of carboxylic acid groups (broad SMARTS) is 1. The van der Waals surface area contributed by atoms with Gasteiger partial charge in [0, 0.05) is 24.7 Å². The zero-order valence-electron chi connectivity index (χ0n) is 21.1. The van der Waals surface area contributed by atoms with Crippen LogP contribution >= 0.6 is 0 Å². The van der Waals surface area contributed by atoms with Gasteiger partial charge in [0.2, 0.25) is 5.95 Å². The third-order valence-corrected chi connectivity index (χ3v) is 5.11. The van der Waals surface area contributed by atoms with Crippen molar-refractivity contribution in [1.82, 2.24) is 25.3 Å². The Morgan fingerprint density at radius 3 is 2.41 bits per heavy atom. The molecule has 3 rings (SSSR count). The summed E-state index contributed by atoms with van der Waals surface area (Å²) in [5, 5.41) is 11.6. The molecule has 2 aromatic heterocycles. The van der Waals surface area contributed by atoms with Crippen LogP contribution in [0.15, 0.2) is 30.5 Å². The number of nitrogens with zero attached hydrogens (tertiary/aromatic N) is 5. The first-order chi connectivity index (χ1) is 17.3. The smallest absolute Gasteiger partial charge is 0.329 e. The highest BCUT2D eigenvalue weighted by Gasteiger charge is 2.27. The monoisotopic (exact) mass is 510 g/mol. The number of carboxylic acids is 1. The third-order valence-electron chi connectivity index (χ3n) is 5.11. The van der Waals surface area contributed by atoms with Crippen LogP contribution in [0, 0.1) is 0 Å². The van der Waals surface area contributed by atoms with Crippen LogP contribution in [-0.4, -0.2) is 61.6 Å². The molecule has 6 N–H and O–H groups in total. The molecule has 0 aliphatic heterocycles. The first-order valence-corrected chi connectivity index (χ1v) is 11.4. The van der Waals surface area contributed by atoms with E-state index in [1.165, 1.54) is 0 Å². The molecule has 0 saturated carbocycles. The standard InChI is InChI=1S/C24H30N8O5/c1-24(2,3)37-22(36)16(9-10-17(33)34)29-21(35)13-5-7-15(8-6-13)32(4)12-14-11-27-20-18(28-14)19(25)30-23(26)31-20/h5-8,11,16H,9-10,12H2,1-4H3,(H,29,35)(H,33,34)(H4,25,26,27,30,31)/t16-/m1/s1. The van der Waals surface area contributed by atoms with E-state index in [2.05, 4.69) is 25.3 Å². The van der Waals surface area contributed by atoms with Gasteiger partial charge in [0.1, 0.15) is 11.6 Å². The van der Waals surface area contributed by atoms with Crippen molar-refractivity contribution in [3.63, 3.8) is 0 Å². The fourth-order valence-electron chi connectivity index (χ4n) is 3.39.